The Morgan fingerprint density at radius 2 is 2.04 bits per heavy atom. The molecule has 1 N–H and O–H groups in total. The Balaban J connectivity index is 1.69. The molecule has 3 rings (SSSR count). The second-order valence-corrected chi connectivity index (χ2v) is 5.07. The number of nitrogens with zero attached hydrogens (tertiary/aromatic N) is 2. The summed E-state index contributed by atoms with van der Waals surface area (Å²) in [6.45, 7) is 1.79. The molecule has 0 radical (unpaired) electrons. The average Bonchev–Trinajstić information content (AvgIpc) is 3.02. The Morgan fingerprint density at radius 1 is 1.25 bits per heavy atom. The third-order valence-electron chi connectivity index (χ3n) is 3.44. The predicted octanol–water partition coefficient (Wildman–Crippen LogP) is 2.40. The first-order valence-electron chi connectivity index (χ1n) is 7.03. The van der Waals surface area contributed by atoms with E-state index in [0.29, 0.717) is 17.1 Å². The molecule has 0 fully saturated rings. The molecule has 8 heteroatoms. The van der Waals surface area contributed by atoms with E-state index in [4.69, 9.17) is 9.47 Å². The van der Waals surface area contributed by atoms with Crippen molar-refractivity contribution in [2.45, 2.75) is 6.92 Å². The van der Waals surface area contributed by atoms with Gasteiger partial charge in [-0.1, -0.05) is 6.07 Å². The summed E-state index contributed by atoms with van der Waals surface area (Å²) in [5, 5.41) is 14.8. The molecule has 1 heterocycles. The van der Waals surface area contributed by atoms with Crippen molar-refractivity contribution >= 4 is 17.8 Å². The zero-order valence-electron chi connectivity index (χ0n) is 12.7. The molecular weight excluding hydrogens is 314 g/mol. The lowest BCUT2D eigenvalue weighted by Crippen LogP contribution is -2.17. The van der Waals surface area contributed by atoms with E-state index in [0.717, 1.165) is 5.56 Å². The highest BCUT2D eigenvalue weighted by Gasteiger charge is 2.15. The third-order valence-corrected chi connectivity index (χ3v) is 3.44. The van der Waals surface area contributed by atoms with Gasteiger partial charge in [0.15, 0.2) is 11.5 Å². The predicted molar refractivity (Wildman–Crippen MR) is 85.5 cm³/mol. The van der Waals surface area contributed by atoms with E-state index in [1.807, 2.05) is 0 Å². The zero-order chi connectivity index (χ0) is 17.1. The number of hydrogen-bond acceptors (Lipinski definition) is 6. The Hall–Kier alpha value is -3.42. The van der Waals surface area contributed by atoms with Crippen molar-refractivity contribution in [1.82, 2.24) is 5.43 Å². The van der Waals surface area contributed by atoms with Crippen molar-refractivity contribution in [3.8, 4) is 11.5 Å². The number of carbonyl (C=O) groups excluding carboxylic acids is 1. The van der Waals surface area contributed by atoms with Crippen LogP contribution in [0.15, 0.2) is 41.5 Å². The van der Waals surface area contributed by atoms with E-state index in [9.17, 15) is 14.9 Å². The van der Waals surface area contributed by atoms with Crippen LogP contribution in [0.2, 0.25) is 0 Å². The molecule has 1 amide bonds. The lowest BCUT2D eigenvalue weighted by atomic mass is 10.1. The molecule has 24 heavy (non-hydrogen) atoms. The van der Waals surface area contributed by atoms with Gasteiger partial charge in [-0.05, 0) is 36.8 Å². The molecule has 122 valence electrons. The first-order chi connectivity index (χ1) is 11.5. The molecule has 8 nitrogen and oxygen atoms in total. The van der Waals surface area contributed by atoms with Crippen LogP contribution in [0.3, 0.4) is 0 Å². The van der Waals surface area contributed by atoms with Crippen molar-refractivity contribution in [2.75, 3.05) is 6.79 Å². The first kappa shape index (κ1) is 15.5. The van der Waals surface area contributed by atoms with E-state index in [2.05, 4.69) is 10.5 Å². The Morgan fingerprint density at radius 3 is 2.83 bits per heavy atom. The van der Waals surface area contributed by atoms with E-state index in [1.165, 1.54) is 24.4 Å². The van der Waals surface area contributed by atoms with Gasteiger partial charge in [0.05, 0.1) is 11.1 Å². The van der Waals surface area contributed by atoms with E-state index in [1.54, 1.807) is 25.1 Å². The zero-order valence-corrected chi connectivity index (χ0v) is 12.7. The molecule has 0 unspecified atom stereocenters. The van der Waals surface area contributed by atoms with Gasteiger partial charge in [0.25, 0.3) is 11.6 Å². The quantitative estimate of drug-likeness (QED) is 0.527. The normalized spacial score (nSPS) is 12.4. The third kappa shape index (κ3) is 3.17. The molecule has 1 aliphatic heterocycles. The van der Waals surface area contributed by atoms with Gasteiger partial charge in [0, 0.05) is 17.2 Å². The summed E-state index contributed by atoms with van der Waals surface area (Å²) in [6.07, 6.45) is 1.45. The van der Waals surface area contributed by atoms with Crippen molar-refractivity contribution in [1.29, 1.82) is 0 Å². The van der Waals surface area contributed by atoms with Crippen LogP contribution in [-0.2, 0) is 0 Å². The number of benzene rings is 2. The van der Waals surface area contributed by atoms with E-state index < -0.39 is 10.8 Å². The maximum absolute atomic E-state index is 12.0. The van der Waals surface area contributed by atoms with Crippen LogP contribution in [0.1, 0.15) is 21.5 Å². The molecule has 0 spiro atoms. The fraction of sp³-hybridized carbons (Fsp3) is 0.125. The van der Waals surface area contributed by atoms with Crippen molar-refractivity contribution < 1.29 is 19.2 Å². The number of carbonyl (C=O) groups is 1. The molecule has 0 bridgehead atoms. The van der Waals surface area contributed by atoms with E-state index >= 15 is 0 Å². The SMILES string of the molecule is Cc1ccc(C(=O)N/N=C\c2ccc3c(c2)OCO3)cc1[N+](=O)[O-]. The second kappa shape index (κ2) is 6.37. The fourth-order valence-electron chi connectivity index (χ4n) is 2.17. The number of nitro groups is 1. The van der Waals surface area contributed by atoms with Gasteiger partial charge in [-0.2, -0.15) is 5.10 Å². The highest BCUT2D eigenvalue weighted by molar-refractivity contribution is 5.95. The number of amides is 1. The number of hydrazone groups is 1. The molecular formula is C16H13N3O5. The summed E-state index contributed by atoms with van der Waals surface area (Å²) in [5.41, 5.74) is 3.59. The summed E-state index contributed by atoms with van der Waals surface area (Å²) < 4.78 is 10.5. The number of nitrogens with one attached hydrogen (secondary N) is 1. The average molecular weight is 327 g/mol. The molecule has 2 aromatic carbocycles. The molecule has 0 saturated carbocycles. The number of aryl methyl sites for hydroxylation is 1. The maximum Gasteiger partial charge on any atom is 0.273 e. The number of nitro benzene ring substituents is 1. The number of hydrogen-bond donors (Lipinski definition) is 1. The number of ether oxygens (including phenoxy) is 2. The van der Waals surface area contributed by atoms with Crippen LogP contribution in [0.4, 0.5) is 5.69 Å². The maximum atomic E-state index is 12.0. The fourth-order valence-corrected chi connectivity index (χ4v) is 2.17. The monoisotopic (exact) mass is 327 g/mol. The summed E-state index contributed by atoms with van der Waals surface area (Å²) in [5.74, 6) is 0.734. The van der Waals surface area contributed by atoms with Crippen molar-refractivity contribution in [2.24, 2.45) is 5.10 Å². The van der Waals surface area contributed by atoms with Crippen molar-refractivity contribution in [3.05, 3.63) is 63.2 Å². The number of rotatable bonds is 4. The Labute approximate surface area is 136 Å². The molecule has 0 saturated heterocycles. The minimum absolute atomic E-state index is 0.109. The molecule has 1 aliphatic rings. The summed E-state index contributed by atoms with van der Waals surface area (Å²) in [6, 6.07) is 9.49. The van der Waals surface area contributed by atoms with Crippen LogP contribution >= 0.6 is 0 Å². The minimum Gasteiger partial charge on any atom is -0.454 e. The summed E-state index contributed by atoms with van der Waals surface area (Å²) in [4.78, 5) is 22.4. The van der Waals surface area contributed by atoms with Crippen LogP contribution in [0.25, 0.3) is 0 Å². The van der Waals surface area contributed by atoms with Gasteiger partial charge in [0.1, 0.15) is 0 Å². The standard InChI is InChI=1S/C16H13N3O5/c1-10-2-4-12(7-13(10)19(21)22)16(20)18-17-8-11-3-5-14-15(6-11)24-9-23-14/h2-8H,9H2,1H3,(H,18,20)/b17-8-. The van der Waals surface area contributed by atoms with E-state index in [-0.39, 0.29) is 18.0 Å². The van der Waals surface area contributed by atoms with Gasteiger partial charge >= 0.3 is 0 Å². The van der Waals surface area contributed by atoms with Crippen molar-refractivity contribution in [3.63, 3.8) is 0 Å². The molecule has 0 aliphatic carbocycles. The molecule has 0 atom stereocenters. The highest BCUT2D eigenvalue weighted by atomic mass is 16.7. The summed E-state index contributed by atoms with van der Waals surface area (Å²) in [7, 11) is 0. The minimum atomic E-state index is -0.532. The number of fused-ring (bicyclic) bond motifs is 1. The molecule has 0 aromatic heterocycles. The first-order valence-corrected chi connectivity index (χ1v) is 7.03. The van der Waals surface area contributed by atoms with Gasteiger partial charge in [-0.15, -0.1) is 0 Å². The Bertz CT molecular complexity index is 848. The lowest BCUT2D eigenvalue weighted by Gasteiger charge is -2.02. The van der Waals surface area contributed by atoms with Gasteiger partial charge in [-0.3, -0.25) is 14.9 Å². The smallest absolute Gasteiger partial charge is 0.273 e. The van der Waals surface area contributed by atoms with Crippen LogP contribution in [0, 0.1) is 17.0 Å². The van der Waals surface area contributed by atoms with Gasteiger partial charge in [0.2, 0.25) is 6.79 Å². The highest BCUT2D eigenvalue weighted by Crippen LogP contribution is 2.31. The second-order valence-electron chi connectivity index (χ2n) is 5.07. The van der Waals surface area contributed by atoms with Gasteiger partial charge in [-0.25, -0.2) is 5.43 Å². The van der Waals surface area contributed by atoms with Crippen LogP contribution < -0.4 is 14.9 Å². The van der Waals surface area contributed by atoms with Crippen LogP contribution in [-0.4, -0.2) is 23.8 Å². The van der Waals surface area contributed by atoms with Crippen LogP contribution in [0.5, 0.6) is 11.5 Å². The topological polar surface area (TPSA) is 103 Å². The summed E-state index contributed by atoms with van der Waals surface area (Å²) >= 11 is 0. The van der Waals surface area contributed by atoms with Gasteiger partial charge < -0.3 is 9.47 Å². The lowest BCUT2D eigenvalue weighted by molar-refractivity contribution is -0.385. The Kier molecular flexibility index (Phi) is 4.11. The molecule has 2 aromatic rings. The largest absolute Gasteiger partial charge is 0.454 e.